The minimum absolute atomic E-state index is 0.161. The van der Waals surface area contributed by atoms with Gasteiger partial charge in [0.2, 0.25) is 5.95 Å². The molecule has 0 atom stereocenters. The Labute approximate surface area is 160 Å². The van der Waals surface area contributed by atoms with Gasteiger partial charge in [0.1, 0.15) is 0 Å². The maximum atomic E-state index is 13.0. The number of nitrogens with zero attached hydrogens (tertiary/aromatic N) is 3. The van der Waals surface area contributed by atoms with E-state index in [4.69, 9.17) is 17.3 Å². The largest absolute Gasteiger partial charge is 0.368 e. The highest BCUT2D eigenvalue weighted by Gasteiger charge is 2.16. The molecule has 0 saturated carbocycles. The van der Waals surface area contributed by atoms with Gasteiger partial charge in [-0.1, -0.05) is 54.1 Å². The van der Waals surface area contributed by atoms with Crippen LogP contribution in [-0.4, -0.2) is 19.6 Å². The van der Waals surface area contributed by atoms with Gasteiger partial charge in [0.15, 0.2) is 0 Å². The molecular weight excluding hydrogens is 362 g/mol. The second-order valence-electron chi connectivity index (χ2n) is 6.38. The highest BCUT2D eigenvalue weighted by atomic mass is 35.5. The number of hydrogen-bond donors (Lipinski definition) is 2. The van der Waals surface area contributed by atoms with Crippen LogP contribution in [0.25, 0.3) is 5.78 Å². The van der Waals surface area contributed by atoms with Gasteiger partial charge in [-0.25, -0.2) is 4.98 Å². The average Bonchev–Trinajstić information content (AvgIpc) is 3.04. The lowest BCUT2D eigenvalue weighted by Gasteiger charge is -2.09. The van der Waals surface area contributed by atoms with Crippen LogP contribution in [0.3, 0.4) is 0 Å². The molecule has 0 fully saturated rings. The Hall–Kier alpha value is -3.12. The van der Waals surface area contributed by atoms with E-state index in [2.05, 4.69) is 27.2 Å². The fraction of sp³-hybridized carbons (Fsp3) is 0.150. The number of hydrogen-bond acceptors (Lipinski definition) is 4. The minimum Gasteiger partial charge on any atom is -0.368 e. The first kappa shape index (κ1) is 17.3. The van der Waals surface area contributed by atoms with Gasteiger partial charge in [-0.15, -0.1) is 0 Å². The SMILES string of the molecule is Nc1nc2nc(CCc3ccccc3)c(Cc3cccc(Cl)c3)c(=O)n2[nH]1. The molecular formula is C20H18ClN5O. The number of aromatic nitrogens is 4. The zero-order valence-electron chi connectivity index (χ0n) is 14.5. The van der Waals surface area contributed by atoms with Crippen molar-refractivity contribution in [3.8, 4) is 0 Å². The minimum atomic E-state index is -0.188. The summed E-state index contributed by atoms with van der Waals surface area (Å²) in [7, 11) is 0. The van der Waals surface area contributed by atoms with Crippen molar-refractivity contribution in [3.05, 3.63) is 92.4 Å². The van der Waals surface area contributed by atoms with Crippen LogP contribution < -0.4 is 11.3 Å². The molecule has 0 bridgehead atoms. The van der Waals surface area contributed by atoms with E-state index in [-0.39, 0.29) is 17.3 Å². The van der Waals surface area contributed by atoms with Crippen molar-refractivity contribution in [2.75, 3.05) is 5.73 Å². The molecule has 0 aliphatic carbocycles. The number of benzene rings is 2. The maximum absolute atomic E-state index is 13.0. The molecule has 7 heteroatoms. The predicted molar refractivity (Wildman–Crippen MR) is 106 cm³/mol. The first-order valence-corrected chi connectivity index (χ1v) is 9.02. The molecule has 0 aliphatic rings. The van der Waals surface area contributed by atoms with E-state index >= 15 is 0 Å². The van der Waals surface area contributed by atoms with E-state index in [1.54, 1.807) is 0 Å². The van der Waals surface area contributed by atoms with Gasteiger partial charge in [-0.2, -0.15) is 9.50 Å². The molecule has 2 aromatic heterocycles. The number of anilines is 1. The summed E-state index contributed by atoms with van der Waals surface area (Å²) in [5.74, 6) is 0.448. The molecule has 4 rings (SSSR count). The highest BCUT2D eigenvalue weighted by molar-refractivity contribution is 6.30. The first-order valence-electron chi connectivity index (χ1n) is 8.64. The molecule has 0 saturated heterocycles. The molecule has 3 N–H and O–H groups in total. The van der Waals surface area contributed by atoms with Gasteiger partial charge in [0.05, 0.1) is 5.69 Å². The van der Waals surface area contributed by atoms with Crippen LogP contribution in [0.5, 0.6) is 0 Å². The number of aryl methyl sites for hydroxylation is 2. The molecule has 0 radical (unpaired) electrons. The summed E-state index contributed by atoms with van der Waals surface area (Å²) in [4.78, 5) is 21.7. The summed E-state index contributed by atoms with van der Waals surface area (Å²) in [5, 5.41) is 3.38. The Bertz CT molecular complexity index is 1150. The van der Waals surface area contributed by atoms with Crippen LogP contribution in [0, 0.1) is 0 Å². The lowest BCUT2D eigenvalue weighted by molar-refractivity contribution is 0.819. The van der Waals surface area contributed by atoms with E-state index in [0.717, 1.165) is 17.7 Å². The Kier molecular flexibility index (Phi) is 4.64. The van der Waals surface area contributed by atoms with Crippen LogP contribution in [0.4, 0.5) is 5.95 Å². The van der Waals surface area contributed by atoms with Crippen LogP contribution in [0.2, 0.25) is 5.02 Å². The number of nitrogens with one attached hydrogen (secondary N) is 1. The van der Waals surface area contributed by atoms with E-state index in [0.29, 0.717) is 23.4 Å². The number of H-pyrrole nitrogens is 1. The molecule has 2 aromatic carbocycles. The van der Waals surface area contributed by atoms with Crippen LogP contribution >= 0.6 is 11.6 Å². The van der Waals surface area contributed by atoms with Crippen molar-refractivity contribution in [1.82, 2.24) is 19.6 Å². The zero-order chi connectivity index (χ0) is 18.8. The van der Waals surface area contributed by atoms with Crippen molar-refractivity contribution in [2.24, 2.45) is 0 Å². The molecule has 27 heavy (non-hydrogen) atoms. The Morgan fingerprint density at radius 3 is 2.56 bits per heavy atom. The summed E-state index contributed by atoms with van der Waals surface area (Å²) >= 11 is 6.10. The maximum Gasteiger partial charge on any atom is 0.277 e. The topological polar surface area (TPSA) is 89.1 Å². The number of fused-ring (bicyclic) bond motifs is 1. The van der Waals surface area contributed by atoms with Crippen LogP contribution in [-0.2, 0) is 19.3 Å². The van der Waals surface area contributed by atoms with E-state index < -0.39 is 0 Å². The van der Waals surface area contributed by atoms with Gasteiger partial charge in [-0.3, -0.25) is 9.89 Å². The summed E-state index contributed by atoms with van der Waals surface area (Å²) in [5.41, 5.74) is 9.02. The summed E-state index contributed by atoms with van der Waals surface area (Å²) < 4.78 is 1.29. The third kappa shape index (κ3) is 3.71. The lowest BCUT2D eigenvalue weighted by Crippen LogP contribution is -2.23. The van der Waals surface area contributed by atoms with Crippen LogP contribution in [0.1, 0.15) is 22.4 Å². The first-order chi connectivity index (χ1) is 13.1. The Morgan fingerprint density at radius 1 is 1.00 bits per heavy atom. The highest BCUT2D eigenvalue weighted by Crippen LogP contribution is 2.17. The quantitative estimate of drug-likeness (QED) is 0.557. The summed E-state index contributed by atoms with van der Waals surface area (Å²) in [6, 6.07) is 17.6. The fourth-order valence-electron chi connectivity index (χ4n) is 3.15. The fourth-order valence-corrected chi connectivity index (χ4v) is 3.37. The lowest BCUT2D eigenvalue weighted by atomic mass is 10.0. The third-order valence-electron chi connectivity index (χ3n) is 4.45. The number of nitrogen functional groups attached to an aromatic ring is 1. The zero-order valence-corrected chi connectivity index (χ0v) is 15.3. The van der Waals surface area contributed by atoms with Crippen molar-refractivity contribution >= 4 is 23.3 Å². The van der Waals surface area contributed by atoms with E-state index in [1.165, 1.54) is 10.1 Å². The number of halogens is 1. The third-order valence-corrected chi connectivity index (χ3v) is 4.69. The van der Waals surface area contributed by atoms with E-state index in [1.807, 2.05) is 42.5 Å². The van der Waals surface area contributed by atoms with Crippen molar-refractivity contribution < 1.29 is 0 Å². The number of rotatable bonds is 5. The summed E-state index contributed by atoms with van der Waals surface area (Å²) in [6.07, 6.45) is 1.86. The van der Waals surface area contributed by atoms with Gasteiger partial charge < -0.3 is 5.73 Å². The van der Waals surface area contributed by atoms with Gasteiger partial charge in [0, 0.05) is 17.0 Å². The molecule has 0 amide bonds. The molecule has 0 unspecified atom stereocenters. The Morgan fingerprint density at radius 2 is 1.78 bits per heavy atom. The second-order valence-corrected chi connectivity index (χ2v) is 6.82. The van der Waals surface area contributed by atoms with Gasteiger partial charge in [-0.05, 0) is 36.1 Å². The molecule has 136 valence electrons. The van der Waals surface area contributed by atoms with E-state index in [9.17, 15) is 4.79 Å². The van der Waals surface area contributed by atoms with Gasteiger partial charge in [0.25, 0.3) is 11.3 Å². The van der Waals surface area contributed by atoms with Crippen molar-refractivity contribution in [3.63, 3.8) is 0 Å². The smallest absolute Gasteiger partial charge is 0.277 e. The standard InChI is InChI=1S/C20H18ClN5O/c21-15-8-4-7-14(11-15)12-16-17(10-9-13-5-2-1-3-6-13)23-20-24-19(22)25-26(20)18(16)27/h1-8,11H,9-10,12H2,(H3,22,23,24,25). The molecule has 0 spiro atoms. The molecule has 6 nitrogen and oxygen atoms in total. The molecule has 0 aliphatic heterocycles. The monoisotopic (exact) mass is 379 g/mol. The normalized spacial score (nSPS) is 11.1. The van der Waals surface area contributed by atoms with Crippen molar-refractivity contribution in [1.29, 1.82) is 0 Å². The number of nitrogens with two attached hydrogens (primary N) is 1. The van der Waals surface area contributed by atoms with Crippen molar-refractivity contribution in [2.45, 2.75) is 19.3 Å². The number of aromatic amines is 1. The molecule has 2 heterocycles. The predicted octanol–water partition coefficient (Wildman–Crippen LogP) is 3.03. The molecule has 4 aromatic rings. The van der Waals surface area contributed by atoms with Gasteiger partial charge >= 0.3 is 0 Å². The second kappa shape index (κ2) is 7.25. The Balaban J connectivity index is 1.76. The average molecular weight is 380 g/mol. The summed E-state index contributed by atoms with van der Waals surface area (Å²) in [6.45, 7) is 0. The van der Waals surface area contributed by atoms with Crippen LogP contribution in [0.15, 0.2) is 59.4 Å².